The summed E-state index contributed by atoms with van der Waals surface area (Å²) in [5.41, 5.74) is 2.51. The van der Waals surface area contributed by atoms with Crippen molar-refractivity contribution in [2.75, 3.05) is 31.1 Å². The zero-order valence-electron chi connectivity index (χ0n) is 19.0. The first-order valence-corrected chi connectivity index (χ1v) is 14.7. The molecule has 6 nitrogen and oxygen atoms in total. The molecule has 0 aromatic heterocycles. The maximum absolute atomic E-state index is 13.7. The van der Waals surface area contributed by atoms with Crippen molar-refractivity contribution < 1.29 is 21.2 Å². The Balaban J connectivity index is 1.59. The van der Waals surface area contributed by atoms with Crippen LogP contribution in [0.1, 0.15) is 35.6 Å². The molecule has 1 N–H and O–H groups in total. The van der Waals surface area contributed by atoms with Crippen LogP contribution in [-0.4, -0.2) is 64.2 Å². The number of sulfone groups is 2. The van der Waals surface area contributed by atoms with Crippen LogP contribution in [0.4, 0.5) is 4.39 Å². The molecular weight excluding hydrogens is 463 g/mol. The van der Waals surface area contributed by atoms with Crippen molar-refractivity contribution in [2.24, 2.45) is 0 Å². The highest BCUT2D eigenvalue weighted by Crippen LogP contribution is 2.29. The number of benzene rings is 2. The predicted molar refractivity (Wildman–Crippen MR) is 127 cm³/mol. The third-order valence-corrected chi connectivity index (χ3v) is 10.9. The average Bonchev–Trinajstić information content (AvgIpc) is 3.39. The maximum atomic E-state index is 13.7. The number of aryl methyl sites for hydroxylation is 2. The van der Waals surface area contributed by atoms with Gasteiger partial charge in [-0.25, -0.2) is 21.2 Å². The van der Waals surface area contributed by atoms with Crippen molar-refractivity contribution in [3.63, 3.8) is 0 Å². The van der Waals surface area contributed by atoms with Gasteiger partial charge in [0.2, 0.25) is 0 Å². The molecule has 9 heteroatoms. The molecule has 2 aromatic rings. The maximum Gasteiger partial charge on any atom is 0.183 e. The largest absolute Gasteiger partial charge is 0.310 e. The standard InChI is InChI=1S/C24H31FN2O4S2/c1-17-5-7-19(8-6-17)23(27-11-3-4-12-27)14-26-22-15-32(28,29)16-24(22)33(30,31)20-9-10-21(25)18(2)13-20/h5-10,13,22-24,26H,3-4,11-12,14-16H2,1-2H3/t22-,23?,24-/m0/s1. The van der Waals surface area contributed by atoms with Crippen molar-refractivity contribution in [3.05, 3.63) is 65.0 Å². The van der Waals surface area contributed by atoms with Crippen LogP contribution in [0.2, 0.25) is 0 Å². The lowest BCUT2D eigenvalue weighted by molar-refractivity contribution is 0.234. The van der Waals surface area contributed by atoms with Gasteiger partial charge in [0.1, 0.15) is 5.82 Å². The van der Waals surface area contributed by atoms with Crippen LogP contribution in [0, 0.1) is 19.7 Å². The molecule has 2 aliphatic heterocycles. The highest BCUT2D eigenvalue weighted by Gasteiger charge is 2.46. The van der Waals surface area contributed by atoms with Gasteiger partial charge in [0.05, 0.1) is 21.7 Å². The molecule has 0 spiro atoms. The summed E-state index contributed by atoms with van der Waals surface area (Å²) in [5, 5.41) is 2.20. The summed E-state index contributed by atoms with van der Waals surface area (Å²) in [4.78, 5) is 2.33. The molecule has 2 fully saturated rings. The first kappa shape index (κ1) is 24.3. The Labute approximate surface area is 196 Å². The highest BCUT2D eigenvalue weighted by atomic mass is 32.2. The van der Waals surface area contributed by atoms with Crippen molar-refractivity contribution >= 4 is 19.7 Å². The first-order chi connectivity index (χ1) is 15.6. The van der Waals surface area contributed by atoms with E-state index in [9.17, 15) is 21.2 Å². The third-order valence-electron chi connectivity index (χ3n) is 6.77. The van der Waals surface area contributed by atoms with Gasteiger partial charge < -0.3 is 5.32 Å². The van der Waals surface area contributed by atoms with E-state index in [0.717, 1.165) is 43.1 Å². The van der Waals surface area contributed by atoms with Crippen LogP contribution in [0.25, 0.3) is 0 Å². The van der Waals surface area contributed by atoms with E-state index in [1.807, 2.05) is 6.92 Å². The smallest absolute Gasteiger partial charge is 0.183 e. The van der Waals surface area contributed by atoms with E-state index in [1.54, 1.807) is 0 Å². The molecular formula is C24H31FN2O4S2. The number of hydrogen-bond acceptors (Lipinski definition) is 6. The van der Waals surface area contributed by atoms with E-state index in [1.165, 1.54) is 19.1 Å². The van der Waals surface area contributed by atoms with Gasteiger partial charge in [-0.3, -0.25) is 4.90 Å². The molecule has 3 atom stereocenters. The normalized spacial score (nSPS) is 24.2. The van der Waals surface area contributed by atoms with Crippen molar-refractivity contribution in [1.82, 2.24) is 10.2 Å². The minimum atomic E-state index is -3.96. The van der Waals surface area contributed by atoms with E-state index in [0.29, 0.717) is 6.54 Å². The van der Waals surface area contributed by atoms with E-state index in [2.05, 4.69) is 34.5 Å². The molecule has 1 unspecified atom stereocenters. The van der Waals surface area contributed by atoms with Crippen LogP contribution in [-0.2, 0) is 19.7 Å². The summed E-state index contributed by atoms with van der Waals surface area (Å²) in [7, 11) is -7.48. The van der Waals surface area contributed by atoms with Gasteiger partial charge in [0.15, 0.2) is 19.7 Å². The fraction of sp³-hybridized carbons (Fsp3) is 0.500. The molecule has 2 heterocycles. The number of nitrogens with zero attached hydrogens (tertiary/aromatic N) is 1. The van der Waals surface area contributed by atoms with Crippen LogP contribution < -0.4 is 5.32 Å². The summed E-state index contributed by atoms with van der Waals surface area (Å²) in [5.74, 6) is -1.14. The van der Waals surface area contributed by atoms with E-state index in [-0.39, 0.29) is 22.3 Å². The second kappa shape index (κ2) is 9.44. The number of hydrogen-bond donors (Lipinski definition) is 1. The highest BCUT2D eigenvalue weighted by molar-refractivity contribution is 7.96. The second-order valence-corrected chi connectivity index (χ2v) is 13.6. The Morgan fingerprint density at radius 3 is 2.36 bits per heavy atom. The summed E-state index contributed by atoms with van der Waals surface area (Å²) in [6.07, 6.45) is 2.22. The summed E-state index contributed by atoms with van der Waals surface area (Å²) in [6.45, 7) is 5.90. The Hall–Kier alpha value is -1.81. The monoisotopic (exact) mass is 494 g/mol. The van der Waals surface area contributed by atoms with Crippen LogP contribution in [0.15, 0.2) is 47.4 Å². The SMILES string of the molecule is Cc1ccc(C(CN[C@H]2CS(=O)(=O)C[C@@H]2S(=O)(=O)c2ccc(F)c(C)c2)N2CCCC2)cc1. The van der Waals surface area contributed by atoms with Crippen LogP contribution >= 0.6 is 0 Å². The van der Waals surface area contributed by atoms with Gasteiger partial charge in [0.25, 0.3) is 0 Å². The first-order valence-electron chi connectivity index (χ1n) is 11.3. The molecule has 180 valence electrons. The lowest BCUT2D eigenvalue weighted by Gasteiger charge is -2.30. The van der Waals surface area contributed by atoms with Gasteiger partial charge in [-0.2, -0.15) is 0 Å². The van der Waals surface area contributed by atoms with Gasteiger partial charge in [-0.1, -0.05) is 29.8 Å². The minimum absolute atomic E-state index is 0.0350. The molecule has 0 aliphatic carbocycles. The molecule has 0 amide bonds. The summed E-state index contributed by atoms with van der Waals surface area (Å²) >= 11 is 0. The Bertz CT molecular complexity index is 1210. The molecule has 0 saturated carbocycles. The van der Waals surface area contributed by atoms with Crippen molar-refractivity contribution in [2.45, 2.75) is 48.9 Å². The van der Waals surface area contributed by atoms with Gasteiger partial charge in [0, 0.05) is 18.6 Å². The number of nitrogens with one attached hydrogen (secondary N) is 1. The van der Waals surface area contributed by atoms with E-state index >= 15 is 0 Å². The quantitative estimate of drug-likeness (QED) is 0.596. The average molecular weight is 495 g/mol. The Kier molecular flexibility index (Phi) is 6.96. The Morgan fingerprint density at radius 2 is 1.73 bits per heavy atom. The van der Waals surface area contributed by atoms with E-state index in [4.69, 9.17) is 0 Å². The van der Waals surface area contributed by atoms with Crippen molar-refractivity contribution in [1.29, 1.82) is 0 Å². The molecule has 2 saturated heterocycles. The third kappa shape index (κ3) is 5.31. The van der Waals surface area contributed by atoms with Gasteiger partial charge in [-0.15, -0.1) is 0 Å². The summed E-state index contributed by atoms with van der Waals surface area (Å²) < 4.78 is 65.4. The molecule has 0 bridgehead atoms. The van der Waals surface area contributed by atoms with Crippen LogP contribution in [0.5, 0.6) is 0 Å². The lowest BCUT2D eigenvalue weighted by atomic mass is 10.0. The number of likely N-dealkylation sites (tertiary alicyclic amines) is 1. The fourth-order valence-electron chi connectivity index (χ4n) is 4.84. The molecule has 4 rings (SSSR count). The summed E-state index contributed by atoms with van der Waals surface area (Å²) in [6, 6.07) is 11.2. The molecule has 2 aliphatic rings. The number of halogens is 1. The van der Waals surface area contributed by atoms with Crippen LogP contribution in [0.3, 0.4) is 0 Å². The lowest BCUT2D eigenvalue weighted by Crippen LogP contribution is -2.46. The zero-order valence-corrected chi connectivity index (χ0v) is 20.6. The second-order valence-electron chi connectivity index (χ2n) is 9.26. The zero-order chi connectivity index (χ0) is 23.8. The van der Waals surface area contributed by atoms with Gasteiger partial charge in [-0.05, 0) is 69.1 Å². The fourth-order valence-corrected chi connectivity index (χ4v) is 9.64. The molecule has 33 heavy (non-hydrogen) atoms. The predicted octanol–water partition coefficient (Wildman–Crippen LogP) is 2.81. The topological polar surface area (TPSA) is 83.5 Å². The Morgan fingerprint density at radius 1 is 1.06 bits per heavy atom. The molecule has 2 aromatic carbocycles. The molecule has 0 radical (unpaired) electrons. The van der Waals surface area contributed by atoms with Crippen molar-refractivity contribution in [3.8, 4) is 0 Å². The number of rotatable bonds is 7. The minimum Gasteiger partial charge on any atom is -0.310 e. The van der Waals surface area contributed by atoms with Gasteiger partial charge >= 0.3 is 0 Å². The van der Waals surface area contributed by atoms with E-state index < -0.39 is 42.5 Å².